The van der Waals surface area contributed by atoms with Gasteiger partial charge in [0.1, 0.15) is 10.8 Å². The maximum absolute atomic E-state index is 11.0. The number of benzene rings is 3. The number of likely N-dealkylation sites (N-methyl/N-ethyl adjacent to an activating group) is 1. The summed E-state index contributed by atoms with van der Waals surface area (Å²) in [6.45, 7) is 3.86. The molecule has 11 heteroatoms. The van der Waals surface area contributed by atoms with Gasteiger partial charge in [-0.05, 0) is 44.2 Å². The summed E-state index contributed by atoms with van der Waals surface area (Å²) in [6, 6.07) is 21.7. The van der Waals surface area contributed by atoms with Gasteiger partial charge < -0.3 is 19.7 Å². The summed E-state index contributed by atoms with van der Waals surface area (Å²) in [6.07, 6.45) is 2.34. The molecule has 1 N–H and O–H groups in total. The molecular weight excluding hydrogens is 524 g/mol. The molecule has 2 aliphatic rings. The molecule has 0 unspecified atom stereocenters. The second kappa shape index (κ2) is 10.00. The van der Waals surface area contributed by atoms with Gasteiger partial charge >= 0.3 is 0 Å². The molecule has 3 heterocycles. The van der Waals surface area contributed by atoms with Crippen molar-refractivity contribution in [3.8, 4) is 22.0 Å². The van der Waals surface area contributed by atoms with Gasteiger partial charge in [-0.3, -0.25) is 10.1 Å². The van der Waals surface area contributed by atoms with E-state index >= 15 is 0 Å². The topological polar surface area (TPSA) is 105 Å². The van der Waals surface area contributed by atoms with Gasteiger partial charge in [0.25, 0.3) is 5.69 Å². The number of nitrogens with one attached hydrogen (secondary N) is 1. The van der Waals surface area contributed by atoms with Gasteiger partial charge in [-0.15, -0.1) is 10.2 Å². The van der Waals surface area contributed by atoms with E-state index in [1.807, 2.05) is 6.07 Å². The van der Waals surface area contributed by atoms with E-state index in [0.29, 0.717) is 16.2 Å². The van der Waals surface area contributed by atoms with Crippen LogP contribution >= 0.6 is 11.3 Å². The number of nitrogens with zero attached hydrogens (tertiary/aromatic N) is 7. The quantitative estimate of drug-likeness (QED) is 0.195. The van der Waals surface area contributed by atoms with E-state index in [1.165, 1.54) is 36.3 Å². The number of hydrogen-bond donors (Lipinski definition) is 1. The molecule has 7 rings (SSSR count). The number of anilines is 3. The molecule has 5 aromatic rings. The number of imidazole rings is 1. The highest BCUT2D eigenvalue weighted by Gasteiger charge is 2.30. The third kappa shape index (κ3) is 4.67. The predicted molar refractivity (Wildman–Crippen MR) is 158 cm³/mol. The smallest absolute Gasteiger partial charge is 0.269 e. The molecule has 0 spiro atoms. The third-order valence-electron chi connectivity index (χ3n) is 7.59. The monoisotopic (exact) mass is 552 g/mol. The lowest BCUT2D eigenvalue weighted by atomic mass is 10.2. The van der Waals surface area contributed by atoms with E-state index < -0.39 is 4.92 Å². The van der Waals surface area contributed by atoms with E-state index in [2.05, 4.69) is 73.3 Å². The maximum atomic E-state index is 11.0. The number of piperazine rings is 1. The minimum atomic E-state index is -0.402. The van der Waals surface area contributed by atoms with Crippen LogP contribution < -0.4 is 10.2 Å². The average Bonchev–Trinajstić information content (AvgIpc) is 3.59. The van der Waals surface area contributed by atoms with E-state index in [-0.39, 0.29) is 5.69 Å². The number of aromatic nitrogens is 4. The number of nitro benzene ring substituents is 1. The van der Waals surface area contributed by atoms with E-state index in [1.54, 1.807) is 12.1 Å². The van der Waals surface area contributed by atoms with Crippen LogP contribution in [0.4, 0.5) is 22.2 Å². The van der Waals surface area contributed by atoms with Crippen LogP contribution in [0, 0.1) is 10.1 Å². The highest BCUT2D eigenvalue weighted by Crippen LogP contribution is 2.44. The van der Waals surface area contributed by atoms with Gasteiger partial charge in [0.2, 0.25) is 5.13 Å². The molecule has 0 radical (unpaired) electrons. The Labute approximate surface area is 235 Å². The molecule has 10 nitrogen and oxygen atoms in total. The third-order valence-corrected chi connectivity index (χ3v) is 8.47. The van der Waals surface area contributed by atoms with Gasteiger partial charge in [0.15, 0.2) is 0 Å². The zero-order valence-corrected chi connectivity index (χ0v) is 22.8. The highest BCUT2D eigenvalue weighted by molar-refractivity contribution is 7.18. The summed E-state index contributed by atoms with van der Waals surface area (Å²) in [7, 11) is 2.16. The van der Waals surface area contributed by atoms with Crippen LogP contribution in [0.15, 0.2) is 66.7 Å². The lowest BCUT2D eigenvalue weighted by Crippen LogP contribution is -2.44. The Morgan fingerprint density at radius 2 is 1.70 bits per heavy atom. The summed E-state index contributed by atoms with van der Waals surface area (Å²) in [4.78, 5) is 20.5. The van der Waals surface area contributed by atoms with Crippen molar-refractivity contribution in [2.45, 2.75) is 18.9 Å². The zero-order chi connectivity index (χ0) is 27.2. The van der Waals surface area contributed by atoms with Gasteiger partial charge in [-0.1, -0.05) is 41.7 Å². The minimum absolute atomic E-state index is 0.0530. The molecular formula is C29H28N8O2S. The van der Waals surface area contributed by atoms with Crippen LogP contribution in [0.5, 0.6) is 0 Å². The molecule has 1 saturated heterocycles. The Bertz CT molecular complexity index is 1690. The predicted octanol–water partition coefficient (Wildman–Crippen LogP) is 5.96. The molecule has 2 fully saturated rings. The Balaban J connectivity index is 1.29. The van der Waals surface area contributed by atoms with Crippen molar-refractivity contribution >= 4 is 44.6 Å². The maximum Gasteiger partial charge on any atom is 0.269 e. The standard InChI is InChI=1S/C29H28N8O2S/c1-34-13-15-35(16-14-34)25-18-26-24(30-27(36(26)21-11-12-21)19-5-3-2-4-6-19)17-23(25)31-29-33-32-28(40-29)20-7-9-22(10-8-20)37(38)39/h2-10,17-18,21H,11-16H2,1H3,(H,31,33). The fraction of sp³-hybridized carbons (Fsp3) is 0.276. The Morgan fingerprint density at radius 1 is 0.950 bits per heavy atom. The van der Waals surface area contributed by atoms with Crippen LogP contribution in [0.25, 0.3) is 33.0 Å². The molecule has 40 heavy (non-hydrogen) atoms. The molecule has 1 aliphatic carbocycles. The van der Waals surface area contributed by atoms with E-state index in [9.17, 15) is 10.1 Å². The first-order valence-corrected chi connectivity index (χ1v) is 14.3. The van der Waals surface area contributed by atoms with Gasteiger partial charge in [0.05, 0.1) is 27.3 Å². The second-order valence-corrected chi connectivity index (χ2v) is 11.4. The lowest BCUT2D eigenvalue weighted by molar-refractivity contribution is -0.384. The van der Waals surface area contributed by atoms with Crippen LogP contribution in [0.3, 0.4) is 0 Å². The van der Waals surface area contributed by atoms with Crippen LogP contribution in [-0.4, -0.2) is 62.8 Å². The molecule has 0 amide bonds. The lowest BCUT2D eigenvalue weighted by Gasteiger charge is -2.35. The average molecular weight is 553 g/mol. The molecule has 0 atom stereocenters. The van der Waals surface area contributed by atoms with Crippen LogP contribution in [0.2, 0.25) is 0 Å². The van der Waals surface area contributed by atoms with Crippen molar-refractivity contribution in [3.05, 3.63) is 76.8 Å². The van der Waals surface area contributed by atoms with E-state index in [0.717, 1.165) is 65.5 Å². The van der Waals surface area contributed by atoms with Crippen molar-refractivity contribution in [2.24, 2.45) is 0 Å². The first kappa shape index (κ1) is 24.7. The largest absolute Gasteiger partial charge is 0.367 e. The summed E-state index contributed by atoms with van der Waals surface area (Å²) < 4.78 is 2.42. The Hall–Kier alpha value is -4.35. The van der Waals surface area contributed by atoms with Crippen molar-refractivity contribution in [3.63, 3.8) is 0 Å². The number of rotatable bonds is 7. The van der Waals surface area contributed by atoms with Gasteiger partial charge in [0, 0.05) is 55.5 Å². The number of nitro groups is 1. The Morgan fingerprint density at radius 3 is 2.40 bits per heavy atom. The van der Waals surface area contributed by atoms with Crippen molar-refractivity contribution in [1.82, 2.24) is 24.6 Å². The molecule has 3 aromatic carbocycles. The first-order chi connectivity index (χ1) is 19.5. The van der Waals surface area contributed by atoms with Crippen molar-refractivity contribution in [1.29, 1.82) is 0 Å². The zero-order valence-electron chi connectivity index (χ0n) is 22.0. The minimum Gasteiger partial charge on any atom is -0.367 e. The molecule has 202 valence electrons. The van der Waals surface area contributed by atoms with Gasteiger partial charge in [-0.25, -0.2) is 4.98 Å². The normalized spacial score (nSPS) is 16.0. The van der Waals surface area contributed by atoms with Gasteiger partial charge in [-0.2, -0.15) is 0 Å². The number of hydrogen-bond acceptors (Lipinski definition) is 9. The van der Waals surface area contributed by atoms with Crippen molar-refractivity contribution < 1.29 is 4.92 Å². The molecule has 2 aromatic heterocycles. The van der Waals surface area contributed by atoms with Crippen molar-refractivity contribution in [2.75, 3.05) is 43.4 Å². The fourth-order valence-corrected chi connectivity index (χ4v) is 6.03. The summed E-state index contributed by atoms with van der Waals surface area (Å²) in [5.41, 5.74) is 6.16. The molecule has 0 bridgehead atoms. The first-order valence-electron chi connectivity index (χ1n) is 13.4. The van der Waals surface area contributed by atoms with Crippen LogP contribution in [0.1, 0.15) is 18.9 Å². The van der Waals surface area contributed by atoms with E-state index in [4.69, 9.17) is 4.98 Å². The Kier molecular flexibility index (Phi) is 6.17. The highest BCUT2D eigenvalue weighted by atomic mass is 32.1. The number of non-ortho nitro benzene ring substituents is 1. The summed E-state index contributed by atoms with van der Waals surface area (Å²) >= 11 is 1.42. The summed E-state index contributed by atoms with van der Waals surface area (Å²) in [5, 5.41) is 24.7. The second-order valence-electron chi connectivity index (χ2n) is 10.4. The fourth-order valence-electron chi connectivity index (χ4n) is 5.26. The van der Waals surface area contributed by atoms with Crippen LogP contribution in [-0.2, 0) is 0 Å². The SMILES string of the molecule is CN1CCN(c2cc3c(cc2Nc2nnc(-c4ccc([N+](=O)[O-])cc4)s2)nc(-c2ccccc2)n3C2CC2)CC1. The number of fused-ring (bicyclic) bond motifs is 1. The molecule has 1 aliphatic heterocycles. The summed E-state index contributed by atoms with van der Waals surface area (Å²) in [5.74, 6) is 1.01. The molecule has 1 saturated carbocycles.